The molecule has 0 bridgehead atoms. The van der Waals surface area contributed by atoms with Crippen molar-refractivity contribution >= 4 is 62.3 Å². The summed E-state index contributed by atoms with van der Waals surface area (Å²) in [7, 11) is -4.24. The summed E-state index contributed by atoms with van der Waals surface area (Å²) in [5.41, 5.74) is 1.74. The second-order valence-electron chi connectivity index (χ2n) is 9.84. The Kier molecular flexibility index (Phi) is 11.5. The van der Waals surface area contributed by atoms with Crippen LogP contribution < -0.4 is 9.62 Å². The molecule has 0 spiro atoms. The standard InChI is InChI=1S/C30H34Cl3N3O4S/c1-5-21(4)34-30(38)28(6-2)35(18-22-9-11-23(31)12-10-22)29(37)19-36(26-16-24(32)15-25(33)17-26)41(39,40)27-13-7-20(3)8-14-27/h7-17,21,28H,5-6,18-19H2,1-4H3,(H,34,38). The minimum atomic E-state index is -4.24. The molecule has 0 aliphatic carbocycles. The number of carbonyl (C=O) groups is 2. The molecule has 0 aliphatic heterocycles. The molecule has 3 aromatic rings. The first-order chi connectivity index (χ1) is 19.3. The van der Waals surface area contributed by atoms with Gasteiger partial charge in [0, 0.05) is 27.7 Å². The Morgan fingerprint density at radius 1 is 0.854 bits per heavy atom. The second kappa shape index (κ2) is 14.4. The van der Waals surface area contributed by atoms with Gasteiger partial charge in [0.25, 0.3) is 10.0 Å². The summed E-state index contributed by atoms with van der Waals surface area (Å²) in [5.74, 6) is -0.888. The van der Waals surface area contributed by atoms with Crippen LogP contribution in [0.5, 0.6) is 0 Å². The van der Waals surface area contributed by atoms with Gasteiger partial charge in [-0.15, -0.1) is 0 Å². The Morgan fingerprint density at radius 3 is 1.98 bits per heavy atom. The molecule has 0 saturated heterocycles. The monoisotopic (exact) mass is 637 g/mol. The van der Waals surface area contributed by atoms with E-state index in [2.05, 4.69) is 5.32 Å². The van der Waals surface area contributed by atoms with Crippen LogP contribution in [0.15, 0.2) is 71.6 Å². The molecule has 0 fully saturated rings. The van der Waals surface area contributed by atoms with Crippen molar-refractivity contribution in [1.82, 2.24) is 10.2 Å². The molecule has 0 aromatic heterocycles. The van der Waals surface area contributed by atoms with Gasteiger partial charge in [-0.3, -0.25) is 13.9 Å². The van der Waals surface area contributed by atoms with Crippen LogP contribution in [0, 0.1) is 6.92 Å². The fraction of sp³-hybridized carbons (Fsp3) is 0.333. The lowest BCUT2D eigenvalue weighted by atomic mass is 10.1. The zero-order chi connectivity index (χ0) is 30.3. The first-order valence-corrected chi connectivity index (χ1v) is 15.8. The first-order valence-electron chi connectivity index (χ1n) is 13.3. The van der Waals surface area contributed by atoms with Crippen LogP contribution in [0.1, 0.15) is 44.7 Å². The van der Waals surface area contributed by atoms with E-state index in [1.807, 2.05) is 20.8 Å². The Bertz CT molecular complexity index is 1450. The van der Waals surface area contributed by atoms with Gasteiger partial charge in [0.05, 0.1) is 10.6 Å². The predicted octanol–water partition coefficient (Wildman–Crippen LogP) is 6.87. The van der Waals surface area contributed by atoms with Crippen molar-refractivity contribution in [3.8, 4) is 0 Å². The highest BCUT2D eigenvalue weighted by Crippen LogP contribution is 2.30. The van der Waals surface area contributed by atoms with Gasteiger partial charge in [-0.05, 0) is 74.7 Å². The maximum atomic E-state index is 14.1. The molecule has 0 radical (unpaired) electrons. The molecule has 41 heavy (non-hydrogen) atoms. The summed E-state index contributed by atoms with van der Waals surface area (Å²) in [5, 5.41) is 3.90. The molecule has 1 N–H and O–H groups in total. The predicted molar refractivity (Wildman–Crippen MR) is 166 cm³/mol. The van der Waals surface area contributed by atoms with Crippen LogP contribution in [-0.2, 0) is 26.2 Å². The lowest BCUT2D eigenvalue weighted by Crippen LogP contribution is -2.53. The number of anilines is 1. The maximum absolute atomic E-state index is 14.1. The normalized spacial score (nSPS) is 12.9. The van der Waals surface area contributed by atoms with E-state index in [1.165, 1.54) is 35.2 Å². The summed E-state index contributed by atoms with van der Waals surface area (Å²) in [4.78, 5) is 28.8. The van der Waals surface area contributed by atoms with E-state index in [0.717, 1.165) is 15.4 Å². The molecule has 220 valence electrons. The van der Waals surface area contributed by atoms with Crippen molar-refractivity contribution < 1.29 is 18.0 Å². The summed E-state index contributed by atoms with van der Waals surface area (Å²) in [6.45, 7) is 6.96. The number of rotatable bonds is 12. The van der Waals surface area contributed by atoms with Gasteiger partial charge in [-0.2, -0.15) is 0 Å². The Morgan fingerprint density at radius 2 is 1.44 bits per heavy atom. The number of benzene rings is 3. The number of sulfonamides is 1. The van der Waals surface area contributed by atoms with E-state index < -0.39 is 28.5 Å². The summed E-state index contributed by atoms with van der Waals surface area (Å²) < 4.78 is 28.9. The topological polar surface area (TPSA) is 86.8 Å². The number of amides is 2. The van der Waals surface area contributed by atoms with Crippen molar-refractivity contribution in [1.29, 1.82) is 0 Å². The van der Waals surface area contributed by atoms with Gasteiger partial charge in [0.15, 0.2) is 0 Å². The molecule has 2 atom stereocenters. The molecular formula is C30H34Cl3N3O4S. The van der Waals surface area contributed by atoms with Gasteiger partial charge in [0.1, 0.15) is 12.6 Å². The van der Waals surface area contributed by atoms with Gasteiger partial charge in [-0.25, -0.2) is 8.42 Å². The highest BCUT2D eigenvalue weighted by molar-refractivity contribution is 7.92. The third-order valence-corrected chi connectivity index (χ3v) is 9.15. The van der Waals surface area contributed by atoms with E-state index in [-0.39, 0.29) is 39.1 Å². The van der Waals surface area contributed by atoms with Crippen LogP contribution in [0.4, 0.5) is 5.69 Å². The number of nitrogens with zero attached hydrogens (tertiary/aromatic N) is 2. The molecule has 0 saturated carbocycles. The van der Waals surface area contributed by atoms with Crippen molar-refractivity contribution in [3.05, 3.63) is 92.9 Å². The molecule has 7 nitrogen and oxygen atoms in total. The lowest BCUT2D eigenvalue weighted by molar-refractivity contribution is -0.140. The average molecular weight is 639 g/mol. The van der Waals surface area contributed by atoms with Crippen LogP contribution >= 0.6 is 34.8 Å². The van der Waals surface area contributed by atoms with E-state index in [9.17, 15) is 18.0 Å². The number of nitrogens with one attached hydrogen (secondary N) is 1. The largest absolute Gasteiger partial charge is 0.352 e. The minimum absolute atomic E-state index is 0.00203. The van der Waals surface area contributed by atoms with Crippen molar-refractivity contribution in [2.75, 3.05) is 10.8 Å². The minimum Gasteiger partial charge on any atom is -0.352 e. The van der Waals surface area contributed by atoms with Crippen LogP contribution in [0.25, 0.3) is 0 Å². The van der Waals surface area contributed by atoms with Gasteiger partial charge < -0.3 is 10.2 Å². The molecule has 0 heterocycles. The SMILES string of the molecule is CCC(C)NC(=O)C(CC)N(Cc1ccc(Cl)cc1)C(=O)CN(c1cc(Cl)cc(Cl)c1)S(=O)(=O)c1ccc(C)cc1. The third kappa shape index (κ3) is 8.61. The molecule has 11 heteroatoms. The average Bonchev–Trinajstić information content (AvgIpc) is 2.92. The fourth-order valence-electron chi connectivity index (χ4n) is 4.20. The number of hydrogen-bond acceptors (Lipinski definition) is 4. The van der Waals surface area contributed by atoms with E-state index in [1.54, 1.807) is 43.3 Å². The summed E-state index contributed by atoms with van der Waals surface area (Å²) >= 11 is 18.5. The Balaban J connectivity index is 2.09. The zero-order valence-corrected chi connectivity index (χ0v) is 26.5. The Hall–Kier alpha value is -2.78. The smallest absolute Gasteiger partial charge is 0.264 e. The third-order valence-electron chi connectivity index (χ3n) is 6.68. The highest BCUT2D eigenvalue weighted by atomic mass is 35.5. The number of halogens is 3. The van der Waals surface area contributed by atoms with E-state index >= 15 is 0 Å². The number of hydrogen-bond donors (Lipinski definition) is 1. The van der Waals surface area contributed by atoms with Crippen LogP contribution in [0.3, 0.4) is 0 Å². The van der Waals surface area contributed by atoms with Gasteiger partial charge in [0.2, 0.25) is 11.8 Å². The van der Waals surface area contributed by atoms with E-state index in [4.69, 9.17) is 34.8 Å². The second-order valence-corrected chi connectivity index (χ2v) is 13.0. The summed E-state index contributed by atoms with van der Waals surface area (Å²) in [6.07, 6.45) is 1.03. The molecule has 2 amide bonds. The summed E-state index contributed by atoms with van der Waals surface area (Å²) in [6, 6.07) is 16.6. The van der Waals surface area contributed by atoms with Crippen LogP contribution in [0.2, 0.25) is 15.1 Å². The highest BCUT2D eigenvalue weighted by Gasteiger charge is 2.34. The molecule has 3 rings (SSSR count). The quantitative estimate of drug-likeness (QED) is 0.235. The van der Waals surface area contributed by atoms with Crippen molar-refractivity contribution in [3.63, 3.8) is 0 Å². The zero-order valence-electron chi connectivity index (χ0n) is 23.4. The lowest BCUT2D eigenvalue weighted by Gasteiger charge is -2.33. The fourth-order valence-corrected chi connectivity index (χ4v) is 6.23. The number of carbonyl (C=O) groups excluding carboxylic acids is 2. The first kappa shape index (κ1) is 32.7. The van der Waals surface area contributed by atoms with Gasteiger partial charge in [-0.1, -0.05) is 78.5 Å². The molecule has 2 unspecified atom stereocenters. The number of aryl methyl sites for hydroxylation is 1. The van der Waals surface area contributed by atoms with Crippen molar-refractivity contribution in [2.24, 2.45) is 0 Å². The molecule has 3 aromatic carbocycles. The van der Waals surface area contributed by atoms with Gasteiger partial charge >= 0.3 is 0 Å². The van der Waals surface area contributed by atoms with E-state index in [0.29, 0.717) is 17.9 Å². The molecule has 0 aliphatic rings. The van der Waals surface area contributed by atoms with Crippen molar-refractivity contribution in [2.45, 2.75) is 64.1 Å². The van der Waals surface area contributed by atoms with Crippen LogP contribution in [-0.4, -0.2) is 43.8 Å². The molecular weight excluding hydrogens is 605 g/mol. The Labute approximate surface area is 257 Å². The maximum Gasteiger partial charge on any atom is 0.264 e.